The van der Waals surface area contributed by atoms with E-state index in [0.29, 0.717) is 0 Å². The van der Waals surface area contributed by atoms with Crippen molar-refractivity contribution in [2.45, 2.75) is 13.0 Å². The lowest BCUT2D eigenvalue weighted by Crippen LogP contribution is -2.21. The Morgan fingerprint density at radius 2 is 2.06 bits per heavy atom. The van der Waals surface area contributed by atoms with Crippen molar-refractivity contribution in [2.24, 2.45) is 0 Å². The second kappa shape index (κ2) is 6.36. The van der Waals surface area contributed by atoms with E-state index in [4.69, 9.17) is 4.74 Å². The lowest BCUT2D eigenvalue weighted by molar-refractivity contribution is 0.404. The van der Waals surface area contributed by atoms with Crippen LogP contribution in [0.3, 0.4) is 0 Å². The number of methoxy groups -OCH3 is 1. The predicted molar refractivity (Wildman–Crippen MR) is 80.5 cm³/mol. The van der Waals surface area contributed by atoms with Crippen LogP contribution >= 0.6 is 27.3 Å². The number of hydrogen-bond acceptors (Lipinski definition) is 3. The van der Waals surface area contributed by atoms with Gasteiger partial charge in [-0.3, -0.25) is 0 Å². The number of thiophene rings is 1. The standard InChI is InChI=1S/C14H16BrNOS/c1-3-16-14(12-8-9-13(15)18-12)10-6-4-5-7-11(10)17-2/h4-9,14,16H,3H2,1-2H3. The Labute approximate surface area is 120 Å². The second-order valence-corrected chi connectivity index (χ2v) is 6.37. The van der Waals surface area contributed by atoms with Crippen molar-refractivity contribution in [3.05, 3.63) is 50.6 Å². The van der Waals surface area contributed by atoms with Gasteiger partial charge in [0.05, 0.1) is 16.9 Å². The van der Waals surface area contributed by atoms with Gasteiger partial charge < -0.3 is 10.1 Å². The zero-order valence-corrected chi connectivity index (χ0v) is 12.8. The van der Waals surface area contributed by atoms with Gasteiger partial charge >= 0.3 is 0 Å². The molecule has 1 unspecified atom stereocenters. The minimum absolute atomic E-state index is 0.183. The maximum Gasteiger partial charge on any atom is 0.124 e. The molecule has 1 aromatic carbocycles. The van der Waals surface area contributed by atoms with Crippen molar-refractivity contribution in [3.8, 4) is 5.75 Å². The van der Waals surface area contributed by atoms with Gasteiger partial charge in [-0.1, -0.05) is 25.1 Å². The van der Waals surface area contributed by atoms with E-state index in [0.717, 1.165) is 16.1 Å². The summed E-state index contributed by atoms with van der Waals surface area (Å²) < 4.78 is 6.60. The summed E-state index contributed by atoms with van der Waals surface area (Å²) in [7, 11) is 1.71. The van der Waals surface area contributed by atoms with Crippen LogP contribution in [0.1, 0.15) is 23.4 Å². The molecule has 2 nitrogen and oxygen atoms in total. The van der Waals surface area contributed by atoms with E-state index in [2.05, 4.69) is 46.4 Å². The van der Waals surface area contributed by atoms with E-state index in [-0.39, 0.29) is 6.04 Å². The molecule has 0 aliphatic carbocycles. The number of para-hydroxylation sites is 1. The van der Waals surface area contributed by atoms with E-state index < -0.39 is 0 Å². The molecular formula is C14H16BrNOS. The number of halogens is 1. The van der Waals surface area contributed by atoms with Crippen molar-refractivity contribution >= 4 is 27.3 Å². The van der Waals surface area contributed by atoms with Crippen LogP contribution in [0, 0.1) is 0 Å². The average molecular weight is 326 g/mol. The SMILES string of the molecule is CCNC(c1ccc(Br)s1)c1ccccc1OC. The van der Waals surface area contributed by atoms with Gasteiger partial charge in [0.2, 0.25) is 0 Å². The first-order valence-electron chi connectivity index (χ1n) is 5.87. The van der Waals surface area contributed by atoms with Crippen LogP contribution in [0.2, 0.25) is 0 Å². The first kappa shape index (κ1) is 13.6. The summed E-state index contributed by atoms with van der Waals surface area (Å²) in [5.41, 5.74) is 1.18. The van der Waals surface area contributed by atoms with Gasteiger partial charge in [-0.25, -0.2) is 0 Å². The fourth-order valence-corrected chi connectivity index (χ4v) is 3.47. The highest BCUT2D eigenvalue weighted by Crippen LogP contribution is 2.35. The van der Waals surface area contributed by atoms with E-state index in [9.17, 15) is 0 Å². The van der Waals surface area contributed by atoms with Crippen LogP contribution in [0.25, 0.3) is 0 Å². The Hall–Kier alpha value is -0.840. The summed E-state index contributed by atoms with van der Waals surface area (Å²) in [6.07, 6.45) is 0. The molecule has 0 fully saturated rings. The number of nitrogens with one attached hydrogen (secondary N) is 1. The fraction of sp³-hybridized carbons (Fsp3) is 0.286. The molecule has 1 heterocycles. The molecule has 18 heavy (non-hydrogen) atoms. The summed E-state index contributed by atoms with van der Waals surface area (Å²) in [4.78, 5) is 1.29. The minimum atomic E-state index is 0.183. The molecule has 0 aliphatic heterocycles. The zero-order chi connectivity index (χ0) is 13.0. The third-order valence-corrected chi connectivity index (χ3v) is 4.43. The molecule has 2 rings (SSSR count). The summed E-state index contributed by atoms with van der Waals surface area (Å²) >= 11 is 5.27. The van der Waals surface area contributed by atoms with E-state index in [1.807, 2.05) is 18.2 Å². The maximum absolute atomic E-state index is 5.45. The summed E-state index contributed by atoms with van der Waals surface area (Å²) in [6, 6.07) is 12.6. The van der Waals surface area contributed by atoms with E-state index in [1.54, 1.807) is 18.4 Å². The Morgan fingerprint density at radius 3 is 2.67 bits per heavy atom. The molecule has 0 radical (unpaired) electrons. The number of rotatable bonds is 5. The first-order valence-corrected chi connectivity index (χ1v) is 7.48. The average Bonchev–Trinajstić information content (AvgIpc) is 2.82. The molecule has 1 N–H and O–H groups in total. The summed E-state index contributed by atoms with van der Waals surface area (Å²) in [6.45, 7) is 3.03. The largest absolute Gasteiger partial charge is 0.496 e. The van der Waals surface area contributed by atoms with Crippen LogP contribution in [-0.4, -0.2) is 13.7 Å². The highest BCUT2D eigenvalue weighted by molar-refractivity contribution is 9.11. The molecule has 96 valence electrons. The maximum atomic E-state index is 5.45. The van der Waals surface area contributed by atoms with Gasteiger partial charge in [-0.05, 0) is 40.7 Å². The van der Waals surface area contributed by atoms with Crippen molar-refractivity contribution in [1.29, 1.82) is 0 Å². The third kappa shape index (κ3) is 2.94. The minimum Gasteiger partial charge on any atom is -0.496 e. The van der Waals surface area contributed by atoms with Crippen LogP contribution in [0.5, 0.6) is 5.75 Å². The normalized spacial score (nSPS) is 12.4. The summed E-state index contributed by atoms with van der Waals surface area (Å²) in [5.74, 6) is 0.924. The van der Waals surface area contributed by atoms with Gasteiger partial charge in [-0.2, -0.15) is 0 Å². The van der Waals surface area contributed by atoms with Crippen molar-refractivity contribution in [3.63, 3.8) is 0 Å². The quantitative estimate of drug-likeness (QED) is 0.888. The fourth-order valence-electron chi connectivity index (χ4n) is 1.96. The van der Waals surface area contributed by atoms with Crippen LogP contribution in [0.15, 0.2) is 40.2 Å². The lowest BCUT2D eigenvalue weighted by atomic mass is 10.0. The molecule has 0 saturated heterocycles. The molecule has 1 aromatic heterocycles. The second-order valence-electron chi connectivity index (χ2n) is 3.87. The smallest absolute Gasteiger partial charge is 0.124 e. The van der Waals surface area contributed by atoms with Crippen molar-refractivity contribution in [2.75, 3.05) is 13.7 Å². The Bertz CT molecular complexity index is 512. The van der Waals surface area contributed by atoms with Gasteiger partial charge in [-0.15, -0.1) is 11.3 Å². The van der Waals surface area contributed by atoms with Crippen molar-refractivity contribution in [1.82, 2.24) is 5.32 Å². The van der Waals surface area contributed by atoms with Crippen LogP contribution < -0.4 is 10.1 Å². The van der Waals surface area contributed by atoms with Crippen LogP contribution in [-0.2, 0) is 0 Å². The molecule has 1 atom stereocenters. The van der Waals surface area contributed by atoms with E-state index >= 15 is 0 Å². The molecule has 0 bridgehead atoms. The number of benzene rings is 1. The number of hydrogen-bond donors (Lipinski definition) is 1. The number of ether oxygens (including phenoxy) is 1. The third-order valence-electron chi connectivity index (χ3n) is 2.74. The molecule has 0 saturated carbocycles. The molecular weight excluding hydrogens is 310 g/mol. The monoisotopic (exact) mass is 325 g/mol. The summed E-state index contributed by atoms with van der Waals surface area (Å²) in [5, 5.41) is 3.51. The molecule has 0 aliphatic rings. The van der Waals surface area contributed by atoms with Crippen LogP contribution in [0.4, 0.5) is 0 Å². The lowest BCUT2D eigenvalue weighted by Gasteiger charge is -2.19. The predicted octanol–water partition coefficient (Wildman–Crippen LogP) is 4.22. The topological polar surface area (TPSA) is 21.3 Å². The van der Waals surface area contributed by atoms with Crippen molar-refractivity contribution < 1.29 is 4.74 Å². The van der Waals surface area contributed by atoms with Gasteiger partial charge in [0.15, 0.2) is 0 Å². The molecule has 0 spiro atoms. The zero-order valence-electron chi connectivity index (χ0n) is 10.4. The first-order chi connectivity index (χ1) is 8.76. The highest BCUT2D eigenvalue weighted by atomic mass is 79.9. The molecule has 4 heteroatoms. The highest BCUT2D eigenvalue weighted by Gasteiger charge is 2.18. The molecule has 0 amide bonds. The van der Waals surface area contributed by atoms with Gasteiger partial charge in [0, 0.05) is 10.4 Å². The Balaban J connectivity index is 2.41. The van der Waals surface area contributed by atoms with Gasteiger partial charge in [0.25, 0.3) is 0 Å². The Kier molecular flexibility index (Phi) is 4.80. The van der Waals surface area contributed by atoms with E-state index in [1.165, 1.54) is 10.4 Å². The Morgan fingerprint density at radius 1 is 1.28 bits per heavy atom. The van der Waals surface area contributed by atoms with Gasteiger partial charge in [0.1, 0.15) is 5.75 Å². The molecule has 2 aromatic rings.